The van der Waals surface area contributed by atoms with Crippen molar-refractivity contribution in [3.63, 3.8) is 0 Å². The summed E-state index contributed by atoms with van der Waals surface area (Å²) >= 11 is 0. The third-order valence-corrected chi connectivity index (χ3v) is 4.91. The van der Waals surface area contributed by atoms with E-state index in [9.17, 15) is 9.90 Å². The lowest BCUT2D eigenvalue weighted by Gasteiger charge is -2.41. The van der Waals surface area contributed by atoms with Crippen molar-refractivity contribution in [3.8, 4) is 5.75 Å². The molecule has 1 saturated heterocycles. The van der Waals surface area contributed by atoms with E-state index in [2.05, 4.69) is 16.0 Å². The fourth-order valence-electron chi connectivity index (χ4n) is 3.53. The molecule has 2 aromatic rings. The van der Waals surface area contributed by atoms with Crippen molar-refractivity contribution in [1.82, 2.24) is 14.8 Å². The Kier molecular flexibility index (Phi) is 6.79. The lowest BCUT2D eigenvalue weighted by atomic mass is 10.1. The topological polar surface area (TPSA) is 65.9 Å². The number of carbonyl (C=O) groups excluding carboxylic acids is 1. The highest BCUT2D eigenvalue weighted by Gasteiger charge is 2.30. The van der Waals surface area contributed by atoms with Gasteiger partial charge in [0.1, 0.15) is 5.75 Å². The highest BCUT2D eigenvalue weighted by atomic mass is 16.5. The highest BCUT2D eigenvalue weighted by molar-refractivity contribution is 5.94. The summed E-state index contributed by atoms with van der Waals surface area (Å²) in [6.45, 7) is 5.48. The molecule has 0 spiro atoms. The summed E-state index contributed by atoms with van der Waals surface area (Å²) in [4.78, 5) is 21.0. The monoisotopic (exact) mass is 369 g/mol. The van der Waals surface area contributed by atoms with Gasteiger partial charge in [0.15, 0.2) is 0 Å². The van der Waals surface area contributed by atoms with Gasteiger partial charge in [-0.3, -0.25) is 14.7 Å². The molecule has 1 N–H and O–H groups in total. The Morgan fingerprint density at radius 3 is 2.85 bits per heavy atom. The minimum Gasteiger partial charge on any atom is -0.494 e. The second kappa shape index (κ2) is 9.48. The van der Waals surface area contributed by atoms with Gasteiger partial charge in [0.2, 0.25) is 0 Å². The van der Waals surface area contributed by atoms with Crippen LogP contribution >= 0.6 is 0 Å². The molecular weight excluding hydrogens is 342 g/mol. The van der Waals surface area contributed by atoms with E-state index in [0.717, 1.165) is 24.4 Å². The maximum absolute atomic E-state index is 12.7. The Labute approximate surface area is 160 Å². The van der Waals surface area contributed by atoms with Crippen LogP contribution < -0.4 is 4.74 Å². The van der Waals surface area contributed by atoms with Crippen LogP contribution in [0, 0.1) is 0 Å². The first-order chi connectivity index (χ1) is 13.2. The molecule has 1 amide bonds. The maximum Gasteiger partial charge on any atom is 0.255 e. The predicted molar refractivity (Wildman–Crippen MR) is 104 cm³/mol. The molecule has 1 fully saturated rings. The molecule has 144 valence electrons. The average Bonchev–Trinajstić information content (AvgIpc) is 2.71. The van der Waals surface area contributed by atoms with Crippen molar-refractivity contribution in [2.45, 2.75) is 25.9 Å². The smallest absolute Gasteiger partial charge is 0.255 e. The molecule has 6 nitrogen and oxygen atoms in total. The molecule has 1 aliphatic heterocycles. The standard InChI is InChI=1S/C21H27N3O3/c1-2-27-20-8-4-3-6-18(20)15-23-11-12-24(16-19(23)9-13-25)21(26)17-7-5-10-22-14-17/h3-8,10,14,19,25H,2,9,11-13,15-16H2,1H3/t19-/m0/s1. The van der Waals surface area contributed by atoms with E-state index in [0.29, 0.717) is 31.7 Å². The van der Waals surface area contributed by atoms with Gasteiger partial charge in [-0.2, -0.15) is 0 Å². The number of aliphatic hydroxyl groups excluding tert-OH is 1. The van der Waals surface area contributed by atoms with Crippen LogP contribution in [0.1, 0.15) is 29.3 Å². The molecule has 1 aromatic heterocycles. The molecule has 0 aliphatic carbocycles. The number of para-hydroxylation sites is 1. The van der Waals surface area contributed by atoms with Gasteiger partial charge < -0.3 is 14.7 Å². The van der Waals surface area contributed by atoms with E-state index in [1.165, 1.54) is 0 Å². The minimum atomic E-state index is 0.000376. The van der Waals surface area contributed by atoms with E-state index in [1.807, 2.05) is 30.0 Å². The number of aliphatic hydroxyl groups is 1. The zero-order valence-corrected chi connectivity index (χ0v) is 15.8. The molecule has 0 unspecified atom stereocenters. The van der Waals surface area contributed by atoms with E-state index in [1.54, 1.807) is 24.5 Å². The summed E-state index contributed by atoms with van der Waals surface area (Å²) in [5.41, 5.74) is 1.74. The minimum absolute atomic E-state index is 0.000376. The number of ether oxygens (including phenoxy) is 1. The number of hydrogen-bond acceptors (Lipinski definition) is 5. The third-order valence-electron chi connectivity index (χ3n) is 4.91. The first kappa shape index (κ1) is 19.3. The van der Waals surface area contributed by atoms with Crippen LogP contribution in [0.3, 0.4) is 0 Å². The Bertz CT molecular complexity index is 738. The first-order valence-electron chi connectivity index (χ1n) is 9.47. The molecular formula is C21H27N3O3. The van der Waals surface area contributed by atoms with Gasteiger partial charge in [0.25, 0.3) is 5.91 Å². The summed E-state index contributed by atoms with van der Waals surface area (Å²) in [6.07, 6.45) is 3.90. The fourth-order valence-corrected chi connectivity index (χ4v) is 3.53. The summed E-state index contributed by atoms with van der Waals surface area (Å²) in [5.74, 6) is 0.900. The zero-order valence-electron chi connectivity index (χ0n) is 15.8. The Morgan fingerprint density at radius 1 is 1.26 bits per heavy atom. The van der Waals surface area contributed by atoms with Crippen LogP contribution in [0.5, 0.6) is 5.75 Å². The van der Waals surface area contributed by atoms with Gasteiger partial charge in [0, 0.05) is 56.8 Å². The average molecular weight is 369 g/mol. The second-order valence-corrected chi connectivity index (χ2v) is 6.67. The van der Waals surface area contributed by atoms with Crippen LogP contribution in [-0.2, 0) is 6.54 Å². The van der Waals surface area contributed by atoms with Crippen LogP contribution in [0.25, 0.3) is 0 Å². The molecule has 6 heteroatoms. The van der Waals surface area contributed by atoms with Gasteiger partial charge in [-0.25, -0.2) is 0 Å². The van der Waals surface area contributed by atoms with Gasteiger partial charge in [-0.1, -0.05) is 18.2 Å². The van der Waals surface area contributed by atoms with E-state index < -0.39 is 0 Å². The van der Waals surface area contributed by atoms with Gasteiger partial charge in [0.05, 0.1) is 12.2 Å². The molecule has 3 rings (SSSR count). The van der Waals surface area contributed by atoms with Crippen LogP contribution in [0.4, 0.5) is 0 Å². The maximum atomic E-state index is 12.7. The molecule has 27 heavy (non-hydrogen) atoms. The van der Waals surface area contributed by atoms with Crippen LogP contribution in [0.2, 0.25) is 0 Å². The second-order valence-electron chi connectivity index (χ2n) is 6.67. The van der Waals surface area contributed by atoms with Crippen molar-refractivity contribution >= 4 is 5.91 Å². The van der Waals surface area contributed by atoms with Crippen molar-refractivity contribution in [2.75, 3.05) is 32.8 Å². The van der Waals surface area contributed by atoms with Crippen molar-refractivity contribution in [2.24, 2.45) is 0 Å². The summed E-state index contributed by atoms with van der Waals surface area (Å²) in [6, 6.07) is 11.7. The Balaban J connectivity index is 1.70. The number of nitrogens with zero attached hydrogens (tertiary/aromatic N) is 3. The number of benzene rings is 1. The SMILES string of the molecule is CCOc1ccccc1CN1CCN(C(=O)c2cccnc2)C[C@@H]1CCO. The summed E-state index contributed by atoms with van der Waals surface area (Å²) < 4.78 is 5.74. The largest absolute Gasteiger partial charge is 0.494 e. The quantitative estimate of drug-likeness (QED) is 0.810. The van der Waals surface area contributed by atoms with Crippen molar-refractivity contribution < 1.29 is 14.6 Å². The van der Waals surface area contributed by atoms with E-state index in [-0.39, 0.29) is 18.6 Å². The summed E-state index contributed by atoms with van der Waals surface area (Å²) in [5, 5.41) is 9.52. The Morgan fingerprint density at radius 2 is 2.11 bits per heavy atom. The molecule has 1 atom stereocenters. The van der Waals surface area contributed by atoms with Crippen LogP contribution in [0.15, 0.2) is 48.8 Å². The van der Waals surface area contributed by atoms with Gasteiger partial charge >= 0.3 is 0 Å². The number of amides is 1. The highest BCUT2D eigenvalue weighted by Crippen LogP contribution is 2.24. The fraction of sp³-hybridized carbons (Fsp3) is 0.429. The normalized spacial score (nSPS) is 17.7. The van der Waals surface area contributed by atoms with Crippen molar-refractivity contribution in [1.29, 1.82) is 0 Å². The number of aromatic nitrogens is 1. The number of carbonyl (C=O) groups is 1. The molecule has 0 bridgehead atoms. The molecule has 0 saturated carbocycles. The van der Waals surface area contributed by atoms with Crippen molar-refractivity contribution in [3.05, 3.63) is 59.9 Å². The number of hydrogen-bond donors (Lipinski definition) is 1. The third kappa shape index (κ3) is 4.84. The van der Waals surface area contributed by atoms with Gasteiger partial charge in [-0.15, -0.1) is 0 Å². The number of rotatable bonds is 7. The number of piperazine rings is 1. The van der Waals surface area contributed by atoms with Gasteiger partial charge in [-0.05, 0) is 31.5 Å². The lowest BCUT2D eigenvalue weighted by molar-refractivity contribution is 0.0392. The molecule has 1 aliphatic rings. The Hall–Kier alpha value is -2.44. The first-order valence-corrected chi connectivity index (χ1v) is 9.47. The lowest BCUT2D eigenvalue weighted by Crippen LogP contribution is -2.54. The molecule has 2 heterocycles. The molecule has 0 radical (unpaired) electrons. The zero-order chi connectivity index (χ0) is 19.1. The van der Waals surface area contributed by atoms with E-state index in [4.69, 9.17) is 4.74 Å². The van der Waals surface area contributed by atoms with Crippen LogP contribution in [-0.4, -0.2) is 64.7 Å². The summed E-state index contributed by atoms with van der Waals surface area (Å²) in [7, 11) is 0. The molecule has 1 aromatic carbocycles. The van der Waals surface area contributed by atoms with E-state index >= 15 is 0 Å². The predicted octanol–water partition coefficient (Wildman–Crippen LogP) is 2.19. The number of pyridine rings is 1.